The molecule has 1 aromatic heterocycles. The summed E-state index contributed by atoms with van der Waals surface area (Å²) in [6, 6.07) is 5.63. The van der Waals surface area contributed by atoms with Crippen LogP contribution in [0.3, 0.4) is 0 Å². The summed E-state index contributed by atoms with van der Waals surface area (Å²) in [7, 11) is 3.40. The highest BCUT2D eigenvalue weighted by Gasteiger charge is 2.24. The predicted molar refractivity (Wildman–Crippen MR) is 79.5 cm³/mol. The SMILES string of the molecule is COc1cnc2cc(C(=O)N(C)C3CCNC3)ccc2n1. The van der Waals surface area contributed by atoms with Crippen LogP contribution in [0.15, 0.2) is 24.4 Å². The largest absolute Gasteiger partial charge is 0.480 e. The van der Waals surface area contributed by atoms with Crippen molar-refractivity contribution in [2.24, 2.45) is 0 Å². The normalized spacial score (nSPS) is 17.9. The molecule has 1 atom stereocenters. The van der Waals surface area contributed by atoms with Crippen molar-refractivity contribution in [2.75, 3.05) is 27.2 Å². The summed E-state index contributed by atoms with van der Waals surface area (Å²) in [5, 5.41) is 3.27. The van der Waals surface area contributed by atoms with E-state index < -0.39 is 0 Å². The molecule has 2 aromatic rings. The molecular weight excluding hydrogens is 268 g/mol. The van der Waals surface area contributed by atoms with Crippen LogP contribution in [-0.2, 0) is 0 Å². The zero-order valence-corrected chi connectivity index (χ0v) is 12.2. The second-order valence-corrected chi connectivity index (χ2v) is 5.18. The fourth-order valence-corrected chi connectivity index (χ4v) is 2.56. The standard InChI is InChI=1S/C15H18N4O2/c1-19(11-5-6-16-8-11)15(20)10-3-4-12-13(7-10)17-9-14(18-12)21-2/h3-4,7,9,11,16H,5-6,8H2,1-2H3. The van der Waals surface area contributed by atoms with Gasteiger partial charge in [-0.2, -0.15) is 0 Å². The number of ether oxygens (including phenoxy) is 1. The molecule has 1 aliphatic heterocycles. The number of fused-ring (bicyclic) bond motifs is 1. The fraction of sp³-hybridized carbons (Fsp3) is 0.400. The van der Waals surface area contributed by atoms with Crippen molar-refractivity contribution in [1.29, 1.82) is 0 Å². The molecule has 3 rings (SSSR count). The number of aromatic nitrogens is 2. The van der Waals surface area contributed by atoms with Gasteiger partial charge in [-0.15, -0.1) is 0 Å². The number of methoxy groups -OCH3 is 1. The van der Waals surface area contributed by atoms with Crippen molar-refractivity contribution in [2.45, 2.75) is 12.5 Å². The van der Waals surface area contributed by atoms with Gasteiger partial charge in [0.05, 0.1) is 24.3 Å². The lowest BCUT2D eigenvalue weighted by atomic mass is 10.1. The van der Waals surface area contributed by atoms with Crippen LogP contribution >= 0.6 is 0 Å². The molecule has 1 unspecified atom stereocenters. The molecule has 0 radical (unpaired) electrons. The maximum Gasteiger partial charge on any atom is 0.253 e. The molecule has 1 fully saturated rings. The van der Waals surface area contributed by atoms with E-state index in [0.29, 0.717) is 17.0 Å². The Bertz CT molecular complexity index is 668. The summed E-state index contributed by atoms with van der Waals surface area (Å²) < 4.78 is 5.05. The first-order valence-electron chi connectivity index (χ1n) is 6.97. The Hall–Kier alpha value is -2.21. The van der Waals surface area contributed by atoms with E-state index in [1.165, 1.54) is 0 Å². The third kappa shape index (κ3) is 2.67. The molecule has 6 heteroatoms. The lowest BCUT2D eigenvalue weighted by Gasteiger charge is -2.23. The number of rotatable bonds is 3. The topological polar surface area (TPSA) is 67.3 Å². The Kier molecular flexibility index (Phi) is 3.70. The van der Waals surface area contributed by atoms with Gasteiger partial charge in [0.15, 0.2) is 0 Å². The lowest BCUT2D eigenvalue weighted by molar-refractivity contribution is 0.0744. The maximum absolute atomic E-state index is 12.5. The molecule has 1 aromatic carbocycles. The van der Waals surface area contributed by atoms with E-state index >= 15 is 0 Å². The van der Waals surface area contributed by atoms with Crippen LogP contribution in [0.2, 0.25) is 0 Å². The predicted octanol–water partition coefficient (Wildman–Crippen LogP) is 1.07. The van der Waals surface area contributed by atoms with Crippen LogP contribution in [-0.4, -0.2) is 54.1 Å². The van der Waals surface area contributed by atoms with Gasteiger partial charge < -0.3 is 15.0 Å². The number of nitrogens with one attached hydrogen (secondary N) is 1. The Balaban J connectivity index is 1.87. The highest BCUT2D eigenvalue weighted by molar-refractivity contribution is 5.97. The summed E-state index contributed by atoms with van der Waals surface area (Å²) in [6.07, 6.45) is 2.55. The summed E-state index contributed by atoms with van der Waals surface area (Å²) in [6.45, 7) is 1.82. The molecule has 2 heterocycles. The smallest absolute Gasteiger partial charge is 0.253 e. The molecule has 0 aliphatic carbocycles. The van der Waals surface area contributed by atoms with E-state index in [1.54, 1.807) is 36.4 Å². The zero-order valence-electron chi connectivity index (χ0n) is 12.2. The van der Waals surface area contributed by atoms with Crippen LogP contribution in [0, 0.1) is 0 Å². The van der Waals surface area contributed by atoms with Gasteiger partial charge in [0.1, 0.15) is 0 Å². The highest BCUT2D eigenvalue weighted by atomic mass is 16.5. The van der Waals surface area contributed by atoms with Crippen molar-refractivity contribution in [3.8, 4) is 5.88 Å². The van der Waals surface area contributed by atoms with Gasteiger partial charge in [0.25, 0.3) is 5.91 Å². The Morgan fingerprint density at radius 1 is 1.43 bits per heavy atom. The summed E-state index contributed by atoms with van der Waals surface area (Å²) in [5.74, 6) is 0.485. The van der Waals surface area contributed by atoms with Gasteiger partial charge in [-0.05, 0) is 31.2 Å². The lowest BCUT2D eigenvalue weighted by Crippen LogP contribution is -2.38. The van der Waals surface area contributed by atoms with Gasteiger partial charge in [0, 0.05) is 25.2 Å². The average molecular weight is 286 g/mol. The van der Waals surface area contributed by atoms with E-state index in [2.05, 4.69) is 15.3 Å². The summed E-state index contributed by atoms with van der Waals surface area (Å²) in [4.78, 5) is 22.9. The van der Waals surface area contributed by atoms with E-state index in [1.807, 2.05) is 7.05 Å². The third-order valence-electron chi connectivity index (χ3n) is 3.88. The second kappa shape index (κ2) is 5.65. The van der Waals surface area contributed by atoms with E-state index in [4.69, 9.17) is 4.74 Å². The summed E-state index contributed by atoms with van der Waals surface area (Å²) in [5.41, 5.74) is 2.05. The first kappa shape index (κ1) is 13.8. The molecule has 0 saturated carbocycles. The van der Waals surface area contributed by atoms with Gasteiger partial charge >= 0.3 is 0 Å². The van der Waals surface area contributed by atoms with E-state index in [-0.39, 0.29) is 11.9 Å². The van der Waals surface area contributed by atoms with Gasteiger partial charge in [-0.1, -0.05) is 0 Å². The minimum Gasteiger partial charge on any atom is -0.480 e. The van der Waals surface area contributed by atoms with Crippen molar-refractivity contribution in [1.82, 2.24) is 20.2 Å². The number of hydrogen-bond acceptors (Lipinski definition) is 5. The van der Waals surface area contributed by atoms with Crippen LogP contribution in [0.4, 0.5) is 0 Å². The van der Waals surface area contributed by atoms with Crippen molar-refractivity contribution < 1.29 is 9.53 Å². The van der Waals surface area contributed by atoms with Crippen LogP contribution < -0.4 is 10.1 Å². The van der Waals surface area contributed by atoms with E-state index in [0.717, 1.165) is 25.0 Å². The second-order valence-electron chi connectivity index (χ2n) is 5.18. The number of carbonyl (C=O) groups is 1. The molecule has 21 heavy (non-hydrogen) atoms. The van der Waals surface area contributed by atoms with Crippen LogP contribution in [0.25, 0.3) is 11.0 Å². The number of benzene rings is 1. The molecule has 1 N–H and O–H groups in total. The average Bonchev–Trinajstić information content (AvgIpc) is 3.06. The van der Waals surface area contributed by atoms with Gasteiger partial charge in [-0.3, -0.25) is 4.79 Å². The molecule has 1 saturated heterocycles. The van der Waals surface area contributed by atoms with Gasteiger partial charge in [-0.25, -0.2) is 9.97 Å². The summed E-state index contributed by atoms with van der Waals surface area (Å²) >= 11 is 0. The minimum absolute atomic E-state index is 0.0169. The fourth-order valence-electron chi connectivity index (χ4n) is 2.56. The van der Waals surface area contributed by atoms with Crippen LogP contribution in [0.5, 0.6) is 5.88 Å². The first-order chi connectivity index (χ1) is 10.2. The molecule has 0 bridgehead atoms. The Labute approximate surface area is 123 Å². The van der Waals surface area contributed by atoms with Gasteiger partial charge in [0.2, 0.25) is 5.88 Å². The van der Waals surface area contributed by atoms with E-state index in [9.17, 15) is 4.79 Å². The third-order valence-corrected chi connectivity index (χ3v) is 3.88. The molecular formula is C15H18N4O2. The monoisotopic (exact) mass is 286 g/mol. The first-order valence-corrected chi connectivity index (χ1v) is 6.97. The highest BCUT2D eigenvalue weighted by Crippen LogP contribution is 2.17. The zero-order chi connectivity index (χ0) is 14.8. The molecule has 6 nitrogen and oxygen atoms in total. The molecule has 1 amide bonds. The van der Waals surface area contributed by atoms with Crippen LogP contribution in [0.1, 0.15) is 16.8 Å². The maximum atomic E-state index is 12.5. The molecule has 110 valence electrons. The van der Waals surface area contributed by atoms with Crippen molar-refractivity contribution in [3.63, 3.8) is 0 Å². The number of nitrogens with zero attached hydrogens (tertiary/aromatic N) is 3. The number of hydrogen-bond donors (Lipinski definition) is 1. The van der Waals surface area contributed by atoms with Crippen molar-refractivity contribution >= 4 is 16.9 Å². The van der Waals surface area contributed by atoms with Crippen molar-refractivity contribution in [3.05, 3.63) is 30.0 Å². The Morgan fingerprint density at radius 2 is 2.29 bits per heavy atom. The Morgan fingerprint density at radius 3 is 3.00 bits per heavy atom. The molecule has 0 spiro atoms. The quantitative estimate of drug-likeness (QED) is 0.914. The molecule has 1 aliphatic rings. The number of carbonyl (C=O) groups excluding carboxylic acids is 1. The minimum atomic E-state index is 0.0169. The number of likely N-dealkylation sites (N-methyl/N-ethyl adjacent to an activating group) is 1. The number of amides is 1.